The number of methoxy groups -OCH3 is 1. The van der Waals surface area contributed by atoms with Crippen LogP contribution >= 0.6 is 0 Å². The number of sulfonamides is 1. The lowest BCUT2D eigenvalue weighted by Crippen LogP contribution is -2.36. The van der Waals surface area contributed by atoms with Crippen molar-refractivity contribution in [2.45, 2.75) is 37.0 Å². The molecule has 6 nitrogen and oxygen atoms in total. The van der Waals surface area contributed by atoms with Crippen LogP contribution in [-0.2, 0) is 20.2 Å². The molecule has 0 saturated heterocycles. The van der Waals surface area contributed by atoms with Gasteiger partial charge in [0.2, 0.25) is 5.91 Å². The molecular weight excluding hydrogens is 376 g/mol. The Morgan fingerprint density at radius 3 is 2.18 bits per heavy atom. The van der Waals surface area contributed by atoms with Crippen LogP contribution in [0.15, 0.2) is 53.4 Å². The predicted molar refractivity (Wildman–Crippen MR) is 109 cm³/mol. The molecule has 28 heavy (non-hydrogen) atoms. The van der Waals surface area contributed by atoms with Gasteiger partial charge in [0.25, 0.3) is 10.0 Å². The van der Waals surface area contributed by atoms with E-state index >= 15 is 0 Å². The van der Waals surface area contributed by atoms with Crippen molar-refractivity contribution >= 4 is 21.6 Å². The summed E-state index contributed by atoms with van der Waals surface area (Å²) in [6.45, 7) is 4.77. The number of benzene rings is 2. The van der Waals surface area contributed by atoms with Gasteiger partial charge in [0.1, 0.15) is 5.75 Å². The molecular formula is C21H26N2O4S. The van der Waals surface area contributed by atoms with Crippen molar-refractivity contribution in [2.24, 2.45) is 5.92 Å². The number of hydrogen-bond donors (Lipinski definition) is 2. The van der Waals surface area contributed by atoms with Gasteiger partial charge in [0.05, 0.1) is 17.4 Å². The molecule has 1 aliphatic carbocycles. The fourth-order valence-corrected chi connectivity index (χ4v) is 4.12. The second-order valence-corrected chi connectivity index (χ2v) is 9.23. The fourth-order valence-electron chi connectivity index (χ4n) is 3.06. The Morgan fingerprint density at radius 2 is 1.68 bits per heavy atom. The van der Waals surface area contributed by atoms with Crippen LogP contribution in [0.3, 0.4) is 0 Å². The minimum atomic E-state index is -3.69. The minimum absolute atomic E-state index is 0.0489. The van der Waals surface area contributed by atoms with Crippen molar-refractivity contribution in [3.8, 4) is 5.75 Å². The number of amides is 1. The Kier molecular flexibility index (Phi) is 5.65. The molecule has 7 heteroatoms. The largest absolute Gasteiger partial charge is 0.497 e. The van der Waals surface area contributed by atoms with Gasteiger partial charge in [-0.25, -0.2) is 8.42 Å². The molecule has 0 spiro atoms. The fraction of sp³-hybridized carbons (Fsp3) is 0.381. The molecule has 0 heterocycles. The van der Waals surface area contributed by atoms with Crippen LogP contribution in [0.25, 0.3) is 0 Å². The highest BCUT2D eigenvalue weighted by Crippen LogP contribution is 2.48. The van der Waals surface area contributed by atoms with Gasteiger partial charge in [-0.15, -0.1) is 0 Å². The maximum atomic E-state index is 12.6. The van der Waals surface area contributed by atoms with Gasteiger partial charge in [0.15, 0.2) is 0 Å². The van der Waals surface area contributed by atoms with E-state index in [1.54, 1.807) is 24.3 Å². The van der Waals surface area contributed by atoms with Gasteiger partial charge in [-0.3, -0.25) is 9.52 Å². The highest BCUT2D eigenvalue weighted by Gasteiger charge is 2.51. The first-order valence-electron chi connectivity index (χ1n) is 9.32. The lowest BCUT2D eigenvalue weighted by Gasteiger charge is -2.17. The Balaban J connectivity index is 1.71. The molecule has 0 aliphatic heterocycles. The summed E-state index contributed by atoms with van der Waals surface area (Å²) in [6.07, 6.45) is 1.63. The first-order chi connectivity index (χ1) is 13.3. The van der Waals surface area contributed by atoms with Gasteiger partial charge in [-0.05, 0) is 60.7 Å². The predicted octanol–water partition coefficient (Wildman–Crippen LogP) is 3.30. The smallest absolute Gasteiger partial charge is 0.261 e. The van der Waals surface area contributed by atoms with Crippen LogP contribution in [0.5, 0.6) is 5.75 Å². The molecule has 2 N–H and O–H groups in total. The average molecular weight is 403 g/mol. The SMILES string of the molecule is COc1ccc(S(=O)(=O)Nc2ccc(C3(C(=O)NCC(C)C)CC3)cc2)cc1. The van der Waals surface area contributed by atoms with Crippen LogP contribution in [0.1, 0.15) is 32.3 Å². The van der Waals surface area contributed by atoms with Gasteiger partial charge in [-0.2, -0.15) is 0 Å². The zero-order valence-electron chi connectivity index (χ0n) is 16.4. The van der Waals surface area contributed by atoms with E-state index in [9.17, 15) is 13.2 Å². The Morgan fingerprint density at radius 1 is 1.07 bits per heavy atom. The van der Waals surface area contributed by atoms with Crippen molar-refractivity contribution < 1.29 is 17.9 Å². The molecule has 1 aliphatic rings. The molecule has 1 fully saturated rings. The quantitative estimate of drug-likeness (QED) is 0.710. The number of nitrogens with one attached hydrogen (secondary N) is 2. The monoisotopic (exact) mass is 402 g/mol. The van der Waals surface area contributed by atoms with Crippen molar-refractivity contribution in [1.82, 2.24) is 5.32 Å². The molecule has 0 unspecified atom stereocenters. The molecule has 0 bridgehead atoms. The second-order valence-electron chi connectivity index (χ2n) is 7.54. The third-order valence-corrected chi connectivity index (χ3v) is 6.31. The molecule has 1 saturated carbocycles. The maximum absolute atomic E-state index is 12.6. The van der Waals surface area contributed by atoms with E-state index in [0.29, 0.717) is 23.9 Å². The first-order valence-corrected chi connectivity index (χ1v) is 10.8. The van der Waals surface area contributed by atoms with Crippen molar-refractivity contribution in [1.29, 1.82) is 0 Å². The Labute approximate surface area is 166 Å². The van der Waals surface area contributed by atoms with Crippen LogP contribution in [-0.4, -0.2) is 28.0 Å². The van der Waals surface area contributed by atoms with Crippen molar-refractivity contribution in [3.63, 3.8) is 0 Å². The molecule has 0 radical (unpaired) electrons. The van der Waals surface area contributed by atoms with E-state index in [2.05, 4.69) is 23.9 Å². The van der Waals surface area contributed by atoms with E-state index in [4.69, 9.17) is 4.74 Å². The molecule has 150 valence electrons. The van der Waals surface area contributed by atoms with Crippen LogP contribution in [0.2, 0.25) is 0 Å². The lowest BCUT2D eigenvalue weighted by atomic mass is 9.94. The van der Waals surface area contributed by atoms with E-state index < -0.39 is 15.4 Å². The Bertz CT molecular complexity index is 931. The van der Waals surface area contributed by atoms with E-state index in [0.717, 1.165) is 18.4 Å². The zero-order valence-corrected chi connectivity index (χ0v) is 17.2. The van der Waals surface area contributed by atoms with Crippen LogP contribution < -0.4 is 14.8 Å². The summed E-state index contributed by atoms with van der Waals surface area (Å²) < 4.78 is 32.7. The summed E-state index contributed by atoms with van der Waals surface area (Å²) in [6, 6.07) is 13.2. The normalized spacial score (nSPS) is 15.1. The second kappa shape index (κ2) is 7.83. The lowest BCUT2D eigenvalue weighted by molar-refractivity contribution is -0.123. The zero-order chi connectivity index (χ0) is 20.4. The first kappa shape index (κ1) is 20.2. The molecule has 3 rings (SSSR count). The van der Waals surface area contributed by atoms with Gasteiger partial charge in [0, 0.05) is 12.2 Å². The van der Waals surface area contributed by atoms with E-state index in [1.807, 2.05) is 12.1 Å². The molecule has 1 amide bonds. The van der Waals surface area contributed by atoms with Gasteiger partial charge in [-0.1, -0.05) is 26.0 Å². The van der Waals surface area contributed by atoms with Crippen molar-refractivity contribution in [3.05, 3.63) is 54.1 Å². The molecule has 0 atom stereocenters. The molecule has 0 aromatic heterocycles. The van der Waals surface area contributed by atoms with Gasteiger partial charge < -0.3 is 10.1 Å². The molecule has 2 aromatic rings. The summed E-state index contributed by atoms with van der Waals surface area (Å²) in [4.78, 5) is 12.7. The summed E-state index contributed by atoms with van der Waals surface area (Å²) in [5.41, 5.74) is 0.904. The van der Waals surface area contributed by atoms with E-state index in [-0.39, 0.29) is 10.8 Å². The van der Waals surface area contributed by atoms with E-state index in [1.165, 1.54) is 19.2 Å². The number of rotatable bonds is 8. The number of ether oxygens (including phenoxy) is 1. The van der Waals surface area contributed by atoms with Crippen LogP contribution in [0.4, 0.5) is 5.69 Å². The number of carbonyl (C=O) groups excluding carboxylic acids is 1. The average Bonchev–Trinajstić information content (AvgIpc) is 3.48. The standard InChI is InChI=1S/C21H26N2O4S/c1-15(2)14-22-20(24)21(12-13-21)16-4-6-17(7-5-16)23-28(25,26)19-10-8-18(27-3)9-11-19/h4-11,15,23H,12-14H2,1-3H3,(H,22,24). The number of hydrogen-bond acceptors (Lipinski definition) is 4. The third-order valence-electron chi connectivity index (χ3n) is 4.91. The molecule has 2 aromatic carbocycles. The topological polar surface area (TPSA) is 84.5 Å². The highest BCUT2D eigenvalue weighted by molar-refractivity contribution is 7.92. The number of carbonyl (C=O) groups is 1. The summed E-state index contributed by atoms with van der Waals surface area (Å²) in [5.74, 6) is 1.04. The Hall–Kier alpha value is -2.54. The highest BCUT2D eigenvalue weighted by atomic mass is 32.2. The summed E-state index contributed by atoms with van der Waals surface area (Å²) in [5, 5.41) is 3.01. The third kappa shape index (κ3) is 4.30. The van der Waals surface area contributed by atoms with Gasteiger partial charge >= 0.3 is 0 Å². The maximum Gasteiger partial charge on any atom is 0.261 e. The summed E-state index contributed by atoms with van der Waals surface area (Å²) in [7, 11) is -2.16. The minimum Gasteiger partial charge on any atom is -0.497 e. The van der Waals surface area contributed by atoms with Crippen molar-refractivity contribution in [2.75, 3.05) is 18.4 Å². The number of anilines is 1. The summed E-state index contributed by atoms with van der Waals surface area (Å²) >= 11 is 0. The van der Waals surface area contributed by atoms with Crippen LogP contribution in [0, 0.1) is 5.92 Å².